The average molecular weight is 1200 g/mol. The molecule has 2 amide bonds. The summed E-state index contributed by atoms with van der Waals surface area (Å²) in [5.41, 5.74) is 5.36. The zero-order chi connectivity index (χ0) is 56.1. The lowest BCUT2D eigenvalue weighted by Crippen LogP contribution is -2.34. The summed E-state index contributed by atoms with van der Waals surface area (Å²) in [6.07, 6.45) is 0.833. The maximum atomic E-state index is 13.7. The summed E-state index contributed by atoms with van der Waals surface area (Å²) in [7, 11) is -11.3. The molecular weight excluding hydrogens is 1140 g/mol. The van der Waals surface area contributed by atoms with E-state index >= 15 is 0 Å². The molecule has 5 unspecified atom stereocenters. The molecule has 0 radical (unpaired) electrons. The maximum Gasteiger partial charge on any atom is 0.490 e. The number of amides is 2. The van der Waals surface area contributed by atoms with E-state index in [1.54, 1.807) is 36.4 Å². The molecule has 3 aromatic rings. The number of phosphoric acid groups is 3. The summed E-state index contributed by atoms with van der Waals surface area (Å²) in [4.78, 5) is 117. The fourth-order valence-electron chi connectivity index (χ4n) is 6.86. The first-order chi connectivity index (χ1) is 36.0. The molecule has 26 nitrogen and oxygen atoms in total. The number of unbranched alkanes of at least 4 members (excludes halogenated alkanes) is 1. The molecule has 1 aliphatic rings. The average Bonchev–Trinajstić information content (AvgIpc) is 3.74. The molecule has 2 aromatic carbocycles. The molecule has 1 aromatic heterocycles. The molecule has 0 saturated carbocycles. The third kappa shape index (κ3) is 22.2. The van der Waals surface area contributed by atoms with Crippen LogP contribution in [0.2, 0.25) is 0 Å². The van der Waals surface area contributed by atoms with Gasteiger partial charge in [-0.3, -0.25) is 28.5 Å². The molecule has 0 aliphatic carbocycles. The summed E-state index contributed by atoms with van der Waals surface area (Å²) >= 11 is 0. The van der Waals surface area contributed by atoms with Crippen LogP contribution >= 0.6 is 66.6 Å². The Balaban J connectivity index is 1.36. The number of ether oxygens (including phenoxy) is 5. The number of aromatic nitrogens is 2. The lowest BCUT2D eigenvalue weighted by molar-refractivity contribution is -0.121. The van der Waals surface area contributed by atoms with E-state index in [4.69, 9.17) is 43.7 Å². The van der Waals surface area contributed by atoms with Gasteiger partial charge in [-0.05, 0) is 74.6 Å². The quantitative estimate of drug-likeness (QED) is 0.0139. The molecule has 4 rings (SSSR count). The Labute approximate surface area is 451 Å². The minimum absolute atomic E-state index is 0.00595. The number of phosphoric ester groups is 1. The molecule has 76 heavy (non-hydrogen) atoms. The van der Waals surface area contributed by atoms with E-state index in [0.29, 0.717) is 55.0 Å². The van der Waals surface area contributed by atoms with Crippen molar-refractivity contribution in [3.05, 3.63) is 97.3 Å². The van der Waals surface area contributed by atoms with Gasteiger partial charge in [0.1, 0.15) is 30.6 Å². The lowest BCUT2D eigenvalue weighted by atomic mass is 10.0. The first kappa shape index (κ1) is 64.7. The van der Waals surface area contributed by atoms with E-state index < -0.39 is 77.6 Å². The van der Waals surface area contributed by atoms with Gasteiger partial charge in [-0.25, -0.2) is 28.1 Å². The standard InChI is InChI=1S/C43H58N5O21P3S4/c1-27(75-73-3)31-11-5-6-12-32(31)42(53)67-35-23-39(66-36(35)25-65-71(58,59)69-72(60,61)68-70(55,56)57)48-24-29(40(51)47-43(48)54)10-9-17-45-37(49)13-7-8-18-64-41(52)33-15-14-30(22-34(33)28(2)76-74-4)46-38(50)26-63-21-20-62-19-16-44/h5-6,11-12,14-15,22,24,27-28,35-36,39H,7-8,13,16-21,23,25-26,44H2,1-4H3,(H,45,49)(H,46,50)(H,58,59)(H,60,61)(H,47,51,54)(H2,55,56,57)/t27?,28?,35?,36-,39-/m1/s1. The van der Waals surface area contributed by atoms with Gasteiger partial charge in [-0.15, -0.1) is 0 Å². The van der Waals surface area contributed by atoms with Crippen molar-refractivity contribution in [2.45, 2.75) is 68.5 Å². The van der Waals surface area contributed by atoms with Crippen molar-refractivity contribution in [1.29, 1.82) is 0 Å². The number of nitrogens with one attached hydrogen (secondary N) is 3. The Morgan fingerprint density at radius 1 is 0.868 bits per heavy atom. The van der Waals surface area contributed by atoms with E-state index in [0.717, 1.165) is 10.8 Å². The first-order valence-corrected chi connectivity index (χ1v) is 32.4. The predicted octanol–water partition coefficient (Wildman–Crippen LogP) is 4.96. The number of carbonyl (C=O) groups excluding carboxylic acids is 4. The van der Waals surface area contributed by atoms with Gasteiger partial charge < -0.3 is 59.6 Å². The largest absolute Gasteiger partial charge is 0.490 e. The van der Waals surface area contributed by atoms with Gasteiger partial charge in [-0.2, -0.15) is 8.62 Å². The summed E-state index contributed by atoms with van der Waals surface area (Å²) in [6, 6.07) is 11.4. The maximum absolute atomic E-state index is 13.7. The number of esters is 2. The SMILES string of the molecule is CSSC(C)c1cc(NC(=O)COCCOCCN)ccc1C(=O)OCCCCC(=O)NCC#Cc1cn([C@H]2CC(OC(=O)c3ccccc3C(C)SSC)[C@@H](COP(=O)(O)OP(=O)(O)OP(=O)(O)O)O2)c(=O)[nH]c1=O. The second-order valence-electron chi connectivity index (χ2n) is 15.8. The van der Waals surface area contributed by atoms with E-state index in [9.17, 15) is 52.2 Å². The number of nitrogens with two attached hydrogens (primary N) is 1. The van der Waals surface area contributed by atoms with Crippen molar-refractivity contribution in [3.63, 3.8) is 0 Å². The number of nitrogens with zero attached hydrogens (tertiary/aromatic N) is 1. The monoisotopic (exact) mass is 1200 g/mol. The third-order valence-electron chi connectivity index (χ3n) is 10.1. The van der Waals surface area contributed by atoms with Crippen molar-refractivity contribution in [2.75, 3.05) is 70.6 Å². The normalized spacial score (nSPS) is 17.8. The number of hydrogen-bond donors (Lipinski definition) is 8. The van der Waals surface area contributed by atoms with Gasteiger partial charge in [0.15, 0.2) is 0 Å². The summed E-state index contributed by atoms with van der Waals surface area (Å²) in [5, 5.41) is 5.01. The Bertz CT molecular complexity index is 2810. The molecule has 0 bridgehead atoms. The van der Waals surface area contributed by atoms with Crippen molar-refractivity contribution in [3.8, 4) is 11.8 Å². The minimum Gasteiger partial charge on any atom is -0.462 e. The van der Waals surface area contributed by atoms with Gasteiger partial charge >= 0.3 is 41.1 Å². The van der Waals surface area contributed by atoms with E-state index in [1.807, 2.05) is 26.4 Å². The van der Waals surface area contributed by atoms with Gasteiger partial charge in [0.05, 0.1) is 50.7 Å². The smallest absolute Gasteiger partial charge is 0.462 e. The van der Waals surface area contributed by atoms with Crippen LogP contribution in [0.3, 0.4) is 0 Å². The van der Waals surface area contributed by atoms with Crippen molar-refractivity contribution in [2.24, 2.45) is 5.73 Å². The number of aromatic amines is 1. The summed E-state index contributed by atoms with van der Waals surface area (Å²) < 4.78 is 76.6. The fraction of sp³-hybridized carbons (Fsp3) is 0.488. The summed E-state index contributed by atoms with van der Waals surface area (Å²) in [5.74, 6) is 2.94. The highest BCUT2D eigenvalue weighted by Crippen LogP contribution is 2.66. The van der Waals surface area contributed by atoms with Gasteiger partial charge in [0, 0.05) is 41.8 Å². The molecule has 420 valence electrons. The Morgan fingerprint density at radius 2 is 1.55 bits per heavy atom. The van der Waals surface area contributed by atoms with Crippen LogP contribution in [-0.2, 0) is 60.1 Å². The van der Waals surface area contributed by atoms with Crippen molar-refractivity contribution in [1.82, 2.24) is 14.9 Å². The highest BCUT2D eigenvalue weighted by molar-refractivity contribution is 8.76. The number of hydrogen-bond acceptors (Lipinski definition) is 22. The van der Waals surface area contributed by atoms with Crippen LogP contribution in [0.15, 0.2) is 58.3 Å². The predicted molar refractivity (Wildman–Crippen MR) is 284 cm³/mol. The highest BCUT2D eigenvalue weighted by atomic mass is 33.1. The molecule has 2 heterocycles. The molecule has 1 fully saturated rings. The van der Waals surface area contributed by atoms with Crippen molar-refractivity contribution >= 4 is 96.1 Å². The highest BCUT2D eigenvalue weighted by Gasteiger charge is 2.45. The van der Waals surface area contributed by atoms with Crippen molar-refractivity contribution < 1.29 is 89.3 Å². The van der Waals surface area contributed by atoms with E-state index in [-0.39, 0.29) is 66.7 Å². The second-order valence-corrected chi connectivity index (χ2v) is 25.8. The number of benzene rings is 2. The Hall–Kier alpha value is -3.79. The number of anilines is 1. The molecule has 1 aliphatic heterocycles. The molecular formula is C43H58N5O21P3S4. The van der Waals surface area contributed by atoms with E-state index in [1.165, 1.54) is 49.2 Å². The van der Waals surface area contributed by atoms with Crippen LogP contribution in [0.1, 0.15) is 93.7 Å². The molecule has 7 atom stereocenters. The third-order valence-corrected chi connectivity index (χ3v) is 18.3. The van der Waals surface area contributed by atoms with Gasteiger partial charge in [0.2, 0.25) is 11.8 Å². The van der Waals surface area contributed by atoms with Gasteiger partial charge in [0.25, 0.3) is 5.56 Å². The molecule has 9 N–H and O–H groups in total. The Kier molecular flexibility index (Phi) is 27.0. The zero-order valence-corrected chi connectivity index (χ0v) is 47.2. The van der Waals surface area contributed by atoms with Gasteiger partial charge in [-0.1, -0.05) is 73.2 Å². The van der Waals surface area contributed by atoms with Crippen LogP contribution in [0.4, 0.5) is 5.69 Å². The number of rotatable bonds is 31. The number of carbonyl (C=O) groups is 4. The van der Waals surface area contributed by atoms with Crippen LogP contribution in [0.25, 0.3) is 0 Å². The van der Waals surface area contributed by atoms with Crippen LogP contribution in [0.5, 0.6) is 0 Å². The van der Waals surface area contributed by atoms with E-state index in [2.05, 4.69) is 36.1 Å². The number of H-pyrrole nitrogens is 1. The topological polar surface area (TPSA) is 379 Å². The Morgan fingerprint density at radius 3 is 2.25 bits per heavy atom. The minimum atomic E-state index is -5.90. The second kappa shape index (κ2) is 31.7. The van der Waals surface area contributed by atoms with Crippen LogP contribution in [-0.4, -0.2) is 130 Å². The first-order valence-electron chi connectivity index (χ1n) is 22.7. The summed E-state index contributed by atoms with van der Waals surface area (Å²) in [6.45, 7) is 3.59. The van der Waals surface area contributed by atoms with Crippen LogP contribution in [0, 0.1) is 11.8 Å². The zero-order valence-electron chi connectivity index (χ0n) is 41.2. The molecule has 0 spiro atoms. The molecule has 33 heteroatoms. The van der Waals surface area contributed by atoms with Crippen LogP contribution < -0.4 is 27.6 Å². The molecule has 1 saturated heterocycles. The fourth-order valence-corrected chi connectivity index (χ4v) is 13.4. The lowest BCUT2D eigenvalue weighted by Gasteiger charge is -2.22.